The van der Waals surface area contributed by atoms with Gasteiger partial charge in [0.2, 0.25) is 10.0 Å². The van der Waals surface area contributed by atoms with Gasteiger partial charge < -0.3 is 19.7 Å². The Bertz CT molecular complexity index is 600. The second-order valence-electron chi connectivity index (χ2n) is 8.07. The van der Waals surface area contributed by atoms with Crippen LogP contribution in [0.5, 0.6) is 0 Å². The Balaban J connectivity index is 1.73. The highest BCUT2D eigenvalue weighted by Crippen LogP contribution is 2.09. The summed E-state index contributed by atoms with van der Waals surface area (Å²) in [6.45, 7) is 14.0. The van der Waals surface area contributed by atoms with Crippen molar-refractivity contribution in [1.29, 1.82) is 0 Å². The van der Waals surface area contributed by atoms with E-state index in [4.69, 9.17) is 9.47 Å². The van der Waals surface area contributed by atoms with Gasteiger partial charge in [-0.25, -0.2) is 8.42 Å². The van der Waals surface area contributed by atoms with Gasteiger partial charge in [0.15, 0.2) is 5.96 Å². The summed E-state index contributed by atoms with van der Waals surface area (Å²) in [5, 5.41) is 3.46. The Morgan fingerprint density at radius 3 is 2.34 bits per heavy atom. The number of rotatable bonds is 9. The van der Waals surface area contributed by atoms with Gasteiger partial charge in [-0.15, -0.1) is 0 Å². The normalized spacial score (nSPS) is 21.6. The molecular weight excluding hydrogens is 394 g/mol. The van der Waals surface area contributed by atoms with Crippen LogP contribution >= 0.6 is 0 Å². The highest BCUT2D eigenvalue weighted by atomic mass is 32.2. The zero-order valence-corrected chi connectivity index (χ0v) is 19.3. The van der Waals surface area contributed by atoms with Crippen molar-refractivity contribution in [2.45, 2.75) is 26.9 Å². The van der Waals surface area contributed by atoms with E-state index in [0.717, 1.165) is 45.4 Å². The van der Waals surface area contributed by atoms with Gasteiger partial charge in [0.05, 0.1) is 31.7 Å². The molecule has 0 aliphatic carbocycles. The van der Waals surface area contributed by atoms with Crippen LogP contribution < -0.4 is 5.32 Å². The van der Waals surface area contributed by atoms with Gasteiger partial charge in [0.25, 0.3) is 0 Å². The monoisotopic (exact) mass is 433 g/mol. The molecule has 2 saturated heterocycles. The summed E-state index contributed by atoms with van der Waals surface area (Å²) in [6, 6.07) is 0. The fourth-order valence-corrected chi connectivity index (χ4v) is 4.87. The molecule has 1 unspecified atom stereocenters. The molecule has 0 aromatic heterocycles. The molecule has 1 atom stereocenters. The quantitative estimate of drug-likeness (QED) is 0.401. The highest BCUT2D eigenvalue weighted by Gasteiger charge is 2.28. The van der Waals surface area contributed by atoms with Crippen molar-refractivity contribution in [2.75, 3.05) is 85.0 Å². The van der Waals surface area contributed by atoms with Crippen molar-refractivity contribution in [3.8, 4) is 0 Å². The molecule has 29 heavy (non-hydrogen) atoms. The zero-order chi connectivity index (χ0) is 21.3. The van der Waals surface area contributed by atoms with E-state index < -0.39 is 10.0 Å². The van der Waals surface area contributed by atoms with E-state index in [-0.39, 0.29) is 18.5 Å². The minimum atomic E-state index is -3.27. The van der Waals surface area contributed by atoms with Gasteiger partial charge in [0.1, 0.15) is 0 Å². The Labute approximate surface area is 176 Å². The Hall–Kier alpha value is -0.940. The van der Waals surface area contributed by atoms with E-state index in [1.54, 1.807) is 11.4 Å². The fourth-order valence-electron chi connectivity index (χ4n) is 3.58. The first kappa shape index (κ1) is 24.3. The summed E-state index contributed by atoms with van der Waals surface area (Å²) in [4.78, 5) is 8.97. The number of sulfonamides is 1. The number of ether oxygens (including phenoxy) is 2. The Kier molecular flexibility index (Phi) is 10.1. The van der Waals surface area contributed by atoms with Crippen molar-refractivity contribution < 1.29 is 17.9 Å². The molecule has 0 aromatic rings. The lowest BCUT2D eigenvalue weighted by Crippen LogP contribution is -2.54. The summed E-state index contributed by atoms with van der Waals surface area (Å²) >= 11 is 0. The summed E-state index contributed by atoms with van der Waals surface area (Å²) < 4.78 is 37.3. The van der Waals surface area contributed by atoms with Crippen LogP contribution in [0.3, 0.4) is 0 Å². The van der Waals surface area contributed by atoms with Crippen LogP contribution in [-0.2, 0) is 19.5 Å². The largest absolute Gasteiger partial charge is 0.379 e. The van der Waals surface area contributed by atoms with Crippen LogP contribution in [0.1, 0.15) is 20.8 Å². The minimum absolute atomic E-state index is 0.0389. The lowest BCUT2D eigenvalue weighted by Gasteiger charge is -2.36. The molecule has 0 radical (unpaired) electrons. The minimum Gasteiger partial charge on any atom is -0.379 e. The second kappa shape index (κ2) is 12.0. The number of morpholine rings is 1. The van der Waals surface area contributed by atoms with Crippen molar-refractivity contribution in [3.63, 3.8) is 0 Å². The number of piperazine rings is 1. The van der Waals surface area contributed by atoms with E-state index in [1.807, 2.05) is 13.8 Å². The molecule has 2 heterocycles. The van der Waals surface area contributed by atoms with Crippen molar-refractivity contribution >= 4 is 16.0 Å². The van der Waals surface area contributed by atoms with Gasteiger partial charge in [-0.3, -0.25) is 9.89 Å². The third-order valence-corrected chi connectivity index (χ3v) is 7.05. The number of hydrogen-bond acceptors (Lipinski definition) is 6. The second-order valence-corrected chi connectivity index (χ2v) is 10.2. The van der Waals surface area contributed by atoms with Crippen molar-refractivity contribution in [2.24, 2.45) is 10.9 Å². The predicted molar refractivity (Wildman–Crippen MR) is 116 cm³/mol. The van der Waals surface area contributed by atoms with Crippen LogP contribution in [0.4, 0.5) is 0 Å². The average molecular weight is 434 g/mol. The molecule has 9 nitrogen and oxygen atoms in total. The zero-order valence-electron chi connectivity index (χ0n) is 18.5. The van der Waals surface area contributed by atoms with Crippen LogP contribution in [0.25, 0.3) is 0 Å². The van der Waals surface area contributed by atoms with Crippen LogP contribution in [0.15, 0.2) is 4.99 Å². The molecule has 1 N–H and O–H groups in total. The van der Waals surface area contributed by atoms with Gasteiger partial charge in [-0.2, -0.15) is 4.31 Å². The lowest BCUT2D eigenvalue weighted by atomic mass is 10.1. The maximum Gasteiger partial charge on any atom is 0.216 e. The third kappa shape index (κ3) is 8.37. The van der Waals surface area contributed by atoms with Crippen LogP contribution in [-0.4, -0.2) is 120 Å². The van der Waals surface area contributed by atoms with E-state index in [0.29, 0.717) is 32.1 Å². The van der Waals surface area contributed by atoms with E-state index in [2.05, 4.69) is 27.0 Å². The molecule has 2 aliphatic rings. The van der Waals surface area contributed by atoms with Gasteiger partial charge in [0, 0.05) is 59.4 Å². The molecular formula is C19H39N5O4S. The summed E-state index contributed by atoms with van der Waals surface area (Å²) in [5.74, 6) is 1.38. The van der Waals surface area contributed by atoms with E-state index >= 15 is 0 Å². The number of nitrogens with one attached hydrogen (secondary N) is 1. The SMILES string of the molecule is CN=C(NCC(C)CN1CCOCC1)N1CCN(S(=O)(=O)CCOC(C)C)CC1. The van der Waals surface area contributed by atoms with Crippen LogP contribution in [0.2, 0.25) is 0 Å². The van der Waals surface area contributed by atoms with E-state index in [1.165, 1.54) is 0 Å². The molecule has 2 fully saturated rings. The molecule has 0 saturated carbocycles. The van der Waals surface area contributed by atoms with Gasteiger partial charge in [-0.05, 0) is 19.8 Å². The molecule has 0 aromatic carbocycles. The molecule has 0 spiro atoms. The number of nitrogens with zero attached hydrogens (tertiary/aromatic N) is 4. The van der Waals surface area contributed by atoms with Gasteiger partial charge in [-0.1, -0.05) is 6.92 Å². The number of guanidine groups is 1. The van der Waals surface area contributed by atoms with Crippen molar-refractivity contribution in [1.82, 2.24) is 19.4 Å². The average Bonchev–Trinajstić information content (AvgIpc) is 2.69. The van der Waals surface area contributed by atoms with Gasteiger partial charge >= 0.3 is 0 Å². The first-order chi connectivity index (χ1) is 13.8. The Morgan fingerprint density at radius 1 is 1.10 bits per heavy atom. The molecule has 2 rings (SSSR count). The van der Waals surface area contributed by atoms with Crippen molar-refractivity contribution in [3.05, 3.63) is 0 Å². The summed E-state index contributed by atoms with van der Waals surface area (Å²) in [5.41, 5.74) is 0. The third-order valence-electron chi connectivity index (χ3n) is 5.22. The smallest absolute Gasteiger partial charge is 0.216 e. The highest BCUT2D eigenvalue weighted by molar-refractivity contribution is 7.89. The molecule has 0 amide bonds. The van der Waals surface area contributed by atoms with E-state index in [9.17, 15) is 8.42 Å². The molecule has 170 valence electrons. The number of hydrogen-bond donors (Lipinski definition) is 1. The number of aliphatic imine (C=N–C) groups is 1. The van der Waals surface area contributed by atoms with Crippen LogP contribution in [0, 0.1) is 5.92 Å². The summed E-state index contributed by atoms with van der Waals surface area (Å²) in [7, 11) is -1.49. The standard InChI is InChI=1S/C19H39N5O4S/c1-17(2)28-13-14-29(25,26)24-7-5-23(6-8-24)19(20-4)21-15-18(3)16-22-9-11-27-12-10-22/h17-18H,5-16H2,1-4H3,(H,20,21). The fraction of sp³-hybridized carbons (Fsp3) is 0.947. The summed E-state index contributed by atoms with van der Waals surface area (Å²) in [6.07, 6.45) is 0.0436. The Morgan fingerprint density at radius 2 is 1.76 bits per heavy atom. The predicted octanol–water partition coefficient (Wildman–Crippen LogP) is -0.0975. The first-order valence-electron chi connectivity index (χ1n) is 10.7. The molecule has 2 aliphatic heterocycles. The first-order valence-corrected chi connectivity index (χ1v) is 12.3. The maximum absolute atomic E-state index is 12.5. The topological polar surface area (TPSA) is 86.7 Å². The molecule has 10 heteroatoms. The molecule has 0 bridgehead atoms. The maximum atomic E-state index is 12.5. The lowest BCUT2D eigenvalue weighted by molar-refractivity contribution is 0.0320.